The molecule has 2 saturated heterocycles. The Morgan fingerprint density at radius 2 is 1.88 bits per heavy atom. The van der Waals surface area contributed by atoms with E-state index in [0.29, 0.717) is 32.4 Å². The van der Waals surface area contributed by atoms with Crippen molar-refractivity contribution in [1.29, 1.82) is 0 Å². The summed E-state index contributed by atoms with van der Waals surface area (Å²) in [6, 6.07) is 11.2. The van der Waals surface area contributed by atoms with Crippen molar-refractivity contribution in [3.8, 4) is 23.0 Å². The third-order valence-electron chi connectivity index (χ3n) is 13.9. The van der Waals surface area contributed by atoms with Gasteiger partial charge in [0.05, 0.1) is 42.6 Å². The van der Waals surface area contributed by atoms with Crippen molar-refractivity contribution in [3.05, 3.63) is 69.9 Å². The molecule has 4 aliphatic rings. The topological polar surface area (TPSA) is 158 Å². The standard InChI is InChI=1S/C52H68N8O7/c1-11-16-45(61)57-29-33(5)44(30-57)60(65)56(9)47(32(3)4)49(62)54-42-26-35-17-13-18-36(25-35)37-21-22-43-39(27-37)40(48(58(43)12-2)38-19-14-23-53-46(38)34(6)66-10)28-52(7,8)31-67-51(64)41-20-15-24-59(55-41)50(42)63/h13,17-18,21-23,25,27,32-34,41-42,44,47,55H,12,14-15,19-20,24,26,28-31H2,1-10H3/p+1/t33-,34-,41-,42-,44+,47-/m0/s1. The number of ether oxygens (including phenoxy) is 2. The monoisotopic (exact) mass is 918 g/mol. The molecule has 2 N–H and O–H groups in total. The second-order valence-electron chi connectivity index (χ2n) is 19.8. The summed E-state index contributed by atoms with van der Waals surface area (Å²) in [6.07, 6.45) is 5.19. The minimum absolute atomic E-state index is 0.143. The number of aliphatic imine (C=N–C) groups is 1. The predicted octanol–water partition coefficient (Wildman–Crippen LogP) is 6.11. The highest BCUT2D eigenvalue weighted by molar-refractivity contribution is 5.95. The van der Waals surface area contributed by atoms with Crippen molar-refractivity contribution in [1.82, 2.24) is 30.2 Å². The number of aromatic nitrogens is 1. The van der Waals surface area contributed by atoms with Crippen molar-refractivity contribution in [2.75, 3.05) is 40.4 Å². The molecule has 15 heteroatoms. The zero-order valence-electron chi connectivity index (χ0n) is 41.0. The summed E-state index contributed by atoms with van der Waals surface area (Å²) in [5.74, 6) is 3.01. The number of rotatable bonds is 10. The van der Waals surface area contributed by atoms with Crippen LogP contribution in [-0.2, 0) is 48.0 Å². The van der Waals surface area contributed by atoms with Crippen molar-refractivity contribution in [2.24, 2.45) is 22.2 Å². The lowest BCUT2D eigenvalue weighted by Crippen LogP contribution is -2.62. The number of esters is 1. The van der Waals surface area contributed by atoms with E-state index in [1.165, 1.54) is 15.6 Å². The third-order valence-corrected chi connectivity index (χ3v) is 13.9. The fourth-order valence-corrected chi connectivity index (χ4v) is 10.4. The number of hydrogen-bond donors (Lipinski definition) is 2. The van der Waals surface area contributed by atoms with Crippen molar-refractivity contribution < 1.29 is 33.5 Å². The van der Waals surface area contributed by atoms with Crippen molar-refractivity contribution >= 4 is 46.4 Å². The average Bonchev–Trinajstić information content (AvgIpc) is 3.85. The van der Waals surface area contributed by atoms with Crippen LogP contribution in [0.25, 0.3) is 27.6 Å². The van der Waals surface area contributed by atoms with E-state index >= 15 is 0 Å². The van der Waals surface area contributed by atoms with Crippen LogP contribution in [-0.4, -0.2) is 125 Å². The maximum atomic E-state index is 14.8. The van der Waals surface area contributed by atoms with E-state index in [2.05, 4.69) is 78.3 Å². The molecule has 67 heavy (non-hydrogen) atoms. The molecule has 1 aromatic heterocycles. The molecule has 2 aromatic carbocycles. The molecule has 0 unspecified atom stereocenters. The Balaban J connectivity index is 1.28. The number of fused-ring (bicyclic) bond motifs is 6. The second kappa shape index (κ2) is 20.6. The molecule has 15 nitrogen and oxygen atoms in total. The van der Waals surface area contributed by atoms with Gasteiger partial charge in [0.2, 0.25) is 5.91 Å². The Morgan fingerprint density at radius 3 is 2.60 bits per heavy atom. The minimum atomic E-state index is -1.06. The number of carbonyl (C=O) groups is 4. The number of nitroso groups, excluding NO2 is 1. The van der Waals surface area contributed by atoms with Crippen LogP contribution in [0, 0.1) is 34.0 Å². The summed E-state index contributed by atoms with van der Waals surface area (Å²) in [7, 11) is 3.29. The molecule has 0 saturated carbocycles. The van der Waals surface area contributed by atoms with E-state index in [4.69, 9.17) is 14.5 Å². The molecule has 358 valence electrons. The Labute approximate surface area is 395 Å². The highest BCUT2D eigenvalue weighted by Crippen LogP contribution is 2.42. The van der Waals surface area contributed by atoms with E-state index in [1.54, 1.807) is 26.0 Å². The number of benzene rings is 2. The minimum Gasteiger partial charge on any atom is -0.464 e. The fraction of sp³-hybridized carbons (Fsp3) is 0.558. The number of hydrogen-bond acceptors (Lipinski definition) is 9. The van der Waals surface area contributed by atoms with Gasteiger partial charge in [0.1, 0.15) is 17.0 Å². The quantitative estimate of drug-likeness (QED) is 0.106. The summed E-state index contributed by atoms with van der Waals surface area (Å²) in [5.41, 5.74) is 10.9. The van der Waals surface area contributed by atoms with Crippen LogP contribution < -0.4 is 10.7 Å². The number of methoxy groups -OCH3 is 1. The Kier molecular flexibility index (Phi) is 15.1. The number of aryl methyl sites for hydroxylation is 1. The van der Waals surface area contributed by atoms with Crippen LogP contribution in [0.2, 0.25) is 0 Å². The number of likely N-dealkylation sites (tertiary alicyclic amines) is 1. The van der Waals surface area contributed by atoms with Gasteiger partial charge in [-0.1, -0.05) is 70.9 Å². The van der Waals surface area contributed by atoms with Gasteiger partial charge in [-0.2, -0.15) is 0 Å². The molecule has 5 heterocycles. The molecule has 2 fully saturated rings. The fourth-order valence-electron chi connectivity index (χ4n) is 10.4. The SMILES string of the molecule is CC#CC(=O)N1C[C@@H]([N+](=O)N(C)[C@H](C(=O)N[C@H]2Cc3cccc(c3)-c3ccc4c(c3)c(c(C3=C([C@H](C)OC)N=CCC3)n4CC)CC(C)(C)COC(=O)[C@@H]3CCCN(N3)C2=O)C(C)C)[C@@H](C)C1. The van der Waals surface area contributed by atoms with Crippen LogP contribution in [0.1, 0.15) is 97.9 Å². The maximum absolute atomic E-state index is 14.8. The number of carbonyl (C=O) groups excluding carboxylic acids is 4. The largest absolute Gasteiger partial charge is 0.464 e. The molecule has 0 aliphatic carbocycles. The number of amides is 3. The second-order valence-corrected chi connectivity index (χ2v) is 19.8. The number of nitrogens with one attached hydrogen (secondary N) is 2. The number of cyclic esters (lactones) is 1. The zero-order chi connectivity index (χ0) is 48.3. The predicted molar refractivity (Wildman–Crippen MR) is 259 cm³/mol. The first-order valence-electron chi connectivity index (χ1n) is 23.9. The summed E-state index contributed by atoms with van der Waals surface area (Å²) in [4.78, 5) is 77.3. The van der Waals surface area contributed by atoms with Crippen LogP contribution in [0.15, 0.2) is 53.2 Å². The van der Waals surface area contributed by atoms with E-state index in [0.717, 1.165) is 68.8 Å². The first kappa shape index (κ1) is 49.1. The summed E-state index contributed by atoms with van der Waals surface area (Å²) in [5, 5.41) is 7.00. The molecule has 3 aromatic rings. The average molecular weight is 918 g/mol. The van der Waals surface area contributed by atoms with E-state index < -0.39 is 47.4 Å². The van der Waals surface area contributed by atoms with Gasteiger partial charge in [0.15, 0.2) is 6.04 Å². The lowest BCUT2D eigenvalue weighted by Gasteiger charge is -2.36. The lowest BCUT2D eigenvalue weighted by atomic mass is 9.83. The molecular formula is C52H69N8O7+. The first-order valence-corrected chi connectivity index (χ1v) is 23.9. The highest BCUT2D eigenvalue weighted by Gasteiger charge is 2.48. The Bertz CT molecular complexity index is 2530. The molecule has 3 amide bonds. The van der Waals surface area contributed by atoms with Gasteiger partial charge in [-0.15, -0.1) is 5.01 Å². The van der Waals surface area contributed by atoms with Gasteiger partial charge in [-0.05, 0) is 99.1 Å². The smallest absolute Gasteiger partial charge is 0.324 e. The molecule has 6 atom stereocenters. The third kappa shape index (κ3) is 10.4. The van der Waals surface area contributed by atoms with E-state index in [9.17, 15) is 24.1 Å². The summed E-state index contributed by atoms with van der Waals surface area (Å²) < 4.78 is 14.4. The van der Waals surface area contributed by atoms with Crippen LogP contribution in [0.4, 0.5) is 0 Å². The Hall–Kier alpha value is -5.85. The number of allylic oxidation sites excluding steroid dienone is 1. The van der Waals surface area contributed by atoms with Crippen molar-refractivity contribution in [3.63, 3.8) is 0 Å². The molecule has 4 aliphatic heterocycles. The van der Waals surface area contributed by atoms with Crippen molar-refractivity contribution in [2.45, 2.75) is 131 Å². The first-order chi connectivity index (χ1) is 32.0. The lowest BCUT2D eigenvalue weighted by molar-refractivity contribution is -0.736. The normalized spacial score (nSPS) is 23.0. The van der Waals surface area contributed by atoms with Gasteiger partial charge in [-0.3, -0.25) is 29.2 Å². The maximum Gasteiger partial charge on any atom is 0.324 e. The molecule has 0 spiro atoms. The molecule has 7 rings (SSSR count). The van der Waals surface area contributed by atoms with Gasteiger partial charge < -0.3 is 24.3 Å². The summed E-state index contributed by atoms with van der Waals surface area (Å²) in [6.45, 7) is 17.4. The Morgan fingerprint density at radius 1 is 1.12 bits per heavy atom. The van der Waals surface area contributed by atoms with Gasteiger partial charge in [0.25, 0.3) is 17.9 Å². The molecular weight excluding hydrogens is 849 g/mol. The van der Waals surface area contributed by atoms with Gasteiger partial charge in [-0.25, -0.2) is 5.43 Å². The summed E-state index contributed by atoms with van der Waals surface area (Å²) >= 11 is 0. The van der Waals surface area contributed by atoms with Gasteiger partial charge >= 0.3 is 5.97 Å². The van der Waals surface area contributed by atoms with Gasteiger partial charge in [0, 0.05) is 67.2 Å². The zero-order valence-corrected chi connectivity index (χ0v) is 41.0. The van der Waals surface area contributed by atoms with Crippen LogP contribution in [0.5, 0.6) is 0 Å². The van der Waals surface area contributed by atoms with Crippen LogP contribution >= 0.6 is 0 Å². The highest BCUT2D eigenvalue weighted by atomic mass is 16.5. The molecule has 6 bridgehead atoms. The van der Waals surface area contributed by atoms with E-state index in [-0.39, 0.29) is 43.4 Å². The number of nitrogens with zero attached hydrogens (tertiary/aromatic N) is 6. The number of hydrazine groups is 2. The van der Waals surface area contributed by atoms with E-state index in [1.807, 2.05) is 46.0 Å². The number of likely N-dealkylation sites (N-methyl/N-ethyl adjacent to an activating group) is 1. The van der Waals surface area contributed by atoms with Crippen LogP contribution in [0.3, 0.4) is 0 Å². The molecule has 0 radical (unpaired) electrons.